The van der Waals surface area contributed by atoms with Crippen molar-refractivity contribution in [2.24, 2.45) is 11.8 Å². The van der Waals surface area contributed by atoms with Crippen LogP contribution in [0, 0.1) is 11.8 Å². The van der Waals surface area contributed by atoms with E-state index >= 15 is 0 Å². The van der Waals surface area contributed by atoms with Crippen LogP contribution in [0.15, 0.2) is 30.4 Å². The Morgan fingerprint density at radius 1 is 1.00 bits per heavy atom. The molecule has 2 unspecified atom stereocenters. The highest BCUT2D eigenvalue weighted by Gasteiger charge is 2.52. The molecule has 4 rings (SSSR count). The van der Waals surface area contributed by atoms with Gasteiger partial charge in [-0.15, -0.1) is 0 Å². The standard InChI is InChI=1S/C18H16Cl2N2O3/c19-10-5-6-14(15(20)7-10)16(23)21-8-11(9-21)22-17(24)12-3-1-2-4-13(12)18(22)25/h1-2,5-7,11-13H,3-4,8-9H2. The zero-order valence-corrected chi connectivity index (χ0v) is 14.8. The first-order valence-electron chi connectivity index (χ1n) is 8.23. The minimum absolute atomic E-state index is 0.0963. The number of hydrogen-bond donors (Lipinski definition) is 0. The molecule has 2 fully saturated rings. The molecule has 0 spiro atoms. The number of rotatable bonds is 2. The van der Waals surface area contributed by atoms with Gasteiger partial charge in [0, 0.05) is 18.1 Å². The van der Waals surface area contributed by atoms with Gasteiger partial charge in [-0.1, -0.05) is 35.4 Å². The topological polar surface area (TPSA) is 57.7 Å². The highest BCUT2D eigenvalue weighted by atomic mass is 35.5. The number of halogens is 2. The van der Waals surface area contributed by atoms with Crippen LogP contribution >= 0.6 is 23.2 Å². The Kier molecular flexibility index (Phi) is 4.08. The lowest BCUT2D eigenvalue weighted by molar-refractivity contribution is -0.145. The third-order valence-electron chi connectivity index (χ3n) is 5.22. The summed E-state index contributed by atoms with van der Waals surface area (Å²) >= 11 is 11.9. The SMILES string of the molecule is O=C(c1ccc(Cl)cc1Cl)N1CC(N2C(=O)C3CC=CCC3C2=O)C1. The number of fused-ring (bicyclic) bond motifs is 1. The van der Waals surface area contributed by atoms with Gasteiger partial charge in [0.1, 0.15) is 0 Å². The first-order valence-corrected chi connectivity index (χ1v) is 8.99. The second kappa shape index (κ2) is 6.15. The molecule has 0 aromatic heterocycles. The average molecular weight is 379 g/mol. The van der Waals surface area contributed by atoms with Crippen molar-refractivity contribution in [1.29, 1.82) is 0 Å². The maximum atomic E-state index is 12.6. The number of likely N-dealkylation sites (tertiary alicyclic amines) is 2. The van der Waals surface area contributed by atoms with Crippen LogP contribution in [0.2, 0.25) is 10.0 Å². The zero-order chi connectivity index (χ0) is 17.7. The van der Waals surface area contributed by atoms with Gasteiger partial charge in [0.25, 0.3) is 5.91 Å². The van der Waals surface area contributed by atoms with Crippen molar-refractivity contribution in [1.82, 2.24) is 9.80 Å². The first kappa shape index (κ1) is 16.6. The van der Waals surface area contributed by atoms with Gasteiger partial charge in [0.2, 0.25) is 11.8 Å². The van der Waals surface area contributed by atoms with Crippen LogP contribution in [-0.2, 0) is 9.59 Å². The van der Waals surface area contributed by atoms with Crippen molar-refractivity contribution in [3.8, 4) is 0 Å². The second-order valence-electron chi connectivity index (χ2n) is 6.69. The Morgan fingerprint density at radius 2 is 1.60 bits per heavy atom. The van der Waals surface area contributed by atoms with Crippen molar-refractivity contribution >= 4 is 40.9 Å². The van der Waals surface area contributed by atoms with Crippen LogP contribution in [0.4, 0.5) is 0 Å². The molecule has 0 radical (unpaired) electrons. The van der Waals surface area contributed by atoms with Crippen LogP contribution in [0.3, 0.4) is 0 Å². The molecular weight excluding hydrogens is 363 g/mol. The fourth-order valence-electron chi connectivity index (χ4n) is 3.80. The van der Waals surface area contributed by atoms with Gasteiger partial charge in [0.05, 0.1) is 28.5 Å². The lowest BCUT2D eigenvalue weighted by atomic mass is 9.85. The molecule has 2 atom stereocenters. The number of carbonyl (C=O) groups excluding carboxylic acids is 3. The van der Waals surface area contributed by atoms with Gasteiger partial charge in [-0.25, -0.2) is 0 Å². The summed E-state index contributed by atoms with van der Waals surface area (Å²) in [5, 5.41) is 0.763. The van der Waals surface area contributed by atoms with Crippen LogP contribution in [0.25, 0.3) is 0 Å². The normalized spacial score (nSPS) is 26.0. The molecule has 2 heterocycles. The van der Waals surface area contributed by atoms with Gasteiger partial charge in [0.15, 0.2) is 0 Å². The molecule has 130 valence electrons. The van der Waals surface area contributed by atoms with Gasteiger partial charge in [-0.05, 0) is 31.0 Å². The van der Waals surface area contributed by atoms with E-state index in [2.05, 4.69) is 0 Å². The number of hydrogen-bond acceptors (Lipinski definition) is 3. The minimum Gasteiger partial charge on any atom is -0.334 e. The largest absolute Gasteiger partial charge is 0.334 e. The number of imide groups is 1. The summed E-state index contributed by atoms with van der Waals surface area (Å²) < 4.78 is 0. The van der Waals surface area contributed by atoms with E-state index in [4.69, 9.17) is 23.2 Å². The van der Waals surface area contributed by atoms with Crippen molar-refractivity contribution < 1.29 is 14.4 Å². The van der Waals surface area contributed by atoms with E-state index in [0.717, 1.165) is 0 Å². The number of amides is 3. The monoisotopic (exact) mass is 378 g/mol. The Morgan fingerprint density at radius 3 is 2.16 bits per heavy atom. The van der Waals surface area contributed by atoms with Crippen LogP contribution in [0.1, 0.15) is 23.2 Å². The number of nitrogens with zero attached hydrogens (tertiary/aromatic N) is 2. The van der Waals surface area contributed by atoms with Gasteiger partial charge in [-0.2, -0.15) is 0 Å². The van der Waals surface area contributed by atoms with Crippen LogP contribution in [0.5, 0.6) is 0 Å². The van der Waals surface area contributed by atoms with E-state index in [1.54, 1.807) is 17.0 Å². The number of allylic oxidation sites excluding steroid dienone is 2. The molecule has 5 nitrogen and oxygen atoms in total. The van der Waals surface area contributed by atoms with Crippen LogP contribution in [-0.4, -0.2) is 46.7 Å². The predicted octanol–water partition coefficient (Wildman–Crippen LogP) is 2.77. The summed E-state index contributed by atoms with van der Waals surface area (Å²) in [6, 6.07) is 4.50. The maximum Gasteiger partial charge on any atom is 0.255 e. The highest BCUT2D eigenvalue weighted by Crippen LogP contribution is 2.37. The van der Waals surface area contributed by atoms with Crippen molar-refractivity contribution in [3.05, 3.63) is 46.0 Å². The van der Waals surface area contributed by atoms with Gasteiger partial charge >= 0.3 is 0 Å². The third kappa shape index (κ3) is 2.66. The quantitative estimate of drug-likeness (QED) is 0.587. The molecule has 25 heavy (non-hydrogen) atoms. The molecule has 0 N–H and O–H groups in total. The van der Waals surface area contributed by atoms with Crippen molar-refractivity contribution in [2.45, 2.75) is 18.9 Å². The van der Waals surface area contributed by atoms with E-state index in [0.29, 0.717) is 41.5 Å². The molecule has 2 saturated heterocycles. The van der Waals surface area contributed by atoms with E-state index in [9.17, 15) is 14.4 Å². The molecule has 1 aromatic rings. The molecule has 3 aliphatic rings. The van der Waals surface area contributed by atoms with E-state index < -0.39 is 0 Å². The van der Waals surface area contributed by atoms with E-state index in [-0.39, 0.29) is 35.6 Å². The fraction of sp³-hybridized carbons (Fsp3) is 0.389. The molecule has 1 aromatic carbocycles. The summed E-state index contributed by atoms with van der Waals surface area (Å²) in [5.41, 5.74) is 0.376. The molecular formula is C18H16Cl2N2O3. The molecule has 1 aliphatic carbocycles. The Balaban J connectivity index is 1.44. The van der Waals surface area contributed by atoms with Crippen LogP contribution < -0.4 is 0 Å². The molecule has 3 amide bonds. The van der Waals surface area contributed by atoms with Crippen molar-refractivity contribution in [3.63, 3.8) is 0 Å². The smallest absolute Gasteiger partial charge is 0.255 e. The summed E-state index contributed by atoms with van der Waals surface area (Å²) in [4.78, 5) is 40.6. The minimum atomic E-state index is -0.236. The molecule has 7 heteroatoms. The lowest BCUT2D eigenvalue weighted by Gasteiger charge is -2.43. The Hall–Kier alpha value is -1.85. The number of benzene rings is 1. The Labute approximate surface area is 155 Å². The number of carbonyl (C=O) groups is 3. The molecule has 2 aliphatic heterocycles. The summed E-state index contributed by atoms with van der Waals surface area (Å²) in [7, 11) is 0. The van der Waals surface area contributed by atoms with Gasteiger partial charge in [-0.3, -0.25) is 19.3 Å². The Bertz CT molecular complexity index is 776. The summed E-state index contributed by atoms with van der Waals surface area (Å²) in [5.74, 6) is -0.862. The summed E-state index contributed by atoms with van der Waals surface area (Å²) in [6.45, 7) is 0.699. The zero-order valence-electron chi connectivity index (χ0n) is 13.3. The van der Waals surface area contributed by atoms with E-state index in [1.165, 1.54) is 11.0 Å². The van der Waals surface area contributed by atoms with E-state index in [1.807, 2.05) is 12.2 Å². The molecule has 0 bridgehead atoms. The average Bonchev–Trinajstić information content (AvgIpc) is 2.79. The first-order chi connectivity index (χ1) is 12.0. The third-order valence-corrected chi connectivity index (χ3v) is 5.77. The van der Waals surface area contributed by atoms with Crippen molar-refractivity contribution in [2.75, 3.05) is 13.1 Å². The lowest BCUT2D eigenvalue weighted by Crippen LogP contribution is -2.62. The fourth-order valence-corrected chi connectivity index (χ4v) is 4.29. The van der Waals surface area contributed by atoms with Gasteiger partial charge < -0.3 is 4.90 Å². The summed E-state index contributed by atoms with van der Waals surface area (Å²) in [6.07, 6.45) is 5.19. The highest BCUT2D eigenvalue weighted by molar-refractivity contribution is 6.36. The second-order valence-corrected chi connectivity index (χ2v) is 7.53. The maximum absolute atomic E-state index is 12.6. The molecule has 0 saturated carbocycles. The predicted molar refractivity (Wildman–Crippen MR) is 93.4 cm³/mol.